The van der Waals surface area contributed by atoms with Gasteiger partial charge in [-0.25, -0.2) is 14.2 Å². The Morgan fingerprint density at radius 2 is 2.00 bits per heavy atom. The predicted molar refractivity (Wildman–Crippen MR) is 131 cm³/mol. The molecule has 1 aromatic carbocycles. The molecule has 0 saturated carbocycles. The van der Waals surface area contributed by atoms with Crippen LogP contribution >= 0.6 is 7.82 Å². The van der Waals surface area contributed by atoms with Crippen molar-refractivity contribution in [1.82, 2.24) is 14.8 Å². The molecule has 4 unspecified atom stereocenters. The van der Waals surface area contributed by atoms with Gasteiger partial charge < -0.3 is 29.9 Å². The molecule has 1 saturated heterocycles. The van der Waals surface area contributed by atoms with E-state index >= 15 is 0 Å². The Bertz CT molecular complexity index is 1290. The minimum atomic E-state index is -4.56. The summed E-state index contributed by atoms with van der Waals surface area (Å²) in [5.74, 6) is 4.00. The van der Waals surface area contributed by atoms with Gasteiger partial charge in [0, 0.05) is 0 Å². The number of hydrogen-bond donors (Lipinski definition) is 3. The van der Waals surface area contributed by atoms with Crippen molar-refractivity contribution in [2.24, 2.45) is 0 Å². The van der Waals surface area contributed by atoms with Crippen LogP contribution in [0.4, 0.5) is 5.82 Å². The van der Waals surface area contributed by atoms with Gasteiger partial charge in [-0.3, -0.25) is 9.05 Å². The Kier molecular flexibility index (Phi) is 9.26. The third-order valence-electron chi connectivity index (χ3n) is 5.09. The highest BCUT2D eigenvalue weighted by Crippen LogP contribution is 2.51. The molecule has 0 aliphatic carbocycles. The Balaban J connectivity index is 1.86. The Labute approximate surface area is 218 Å². The predicted octanol–water partition coefficient (Wildman–Crippen LogP) is 0.794. The van der Waals surface area contributed by atoms with Crippen molar-refractivity contribution in [3.8, 4) is 17.6 Å². The molecule has 0 bridgehead atoms. The van der Waals surface area contributed by atoms with Crippen molar-refractivity contribution >= 4 is 19.6 Å². The van der Waals surface area contributed by atoms with Gasteiger partial charge >= 0.3 is 19.5 Å². The van der Waals surface area contributed by atoms with Gasteiger partial charge in [-0.15, -0.1) is 5.92 Å². The quantitative estimate of drug-likeness (QED) is 0.213. The zero-order valence-corrected chi connectivity index (χ0v) is 22.0. The van der Waals surface area contributed by atoms with Crippen molar-refractivity contribution < 1.29 is 42.6 Å². The summed E-state index contributed by atoms with van der Waals surface area (Å²) in [6.07, 6.45) is -5.59. The van der Waals surface area contributed by atoms with Crippen LogP contribution in [0.1, 0.15) is 33.9 Å². The zero-order valence-electron chi connectivity index (χ0n) is 21.1. The standard InChI is InChI=1S/C23H29N4O10P/c1-5-11-23(31)19(28)17(35-21(23)27-22(30)26-18(24)12-25-27)13-33-38(32,37-16-9-7-6-8-10-16)36-15(4)20(29)34-14(2)3/h6-10,12,14-15,17,19,21,28,31H,13H2,1-4H3,(H2,24,26,30)/t15-,17+,19?,21?,23?,38?/m0/s1. The molecule has 15 heteroatoms. The zero-order chi connectivity index (χ0) is 28.1. The van der Waals surface area contributed by atoms with Gasteiger partial charge in [0.15, 0.2) is 12.3 Å². The lowest BCUT2D eigenvalue weighted by Gasteiger charge is -2.25. The summed E-state index contributed by atoms with van der Waals surface area (Å²) in [6, 6.07) is 7.88. The van der Waals surface area contributed by atoms with Crippen LogP contribution in [0.15, 0.2) is 41.3 Å². The minimum absolute atomic E-state index is 0.100. The monoisotopic (exact) mass is 552 g/mol. The first-order valence-corrected chi connectivity index (χ1v) is 12.9. The van der Waals surface area contributed by atoms with Gasteiger partial charge in [-0.05, 0) is 39.8 Å². The maximum Gasteiger partial charge on any atom is 0.530 e. The van der Waals surface area contributed by atoms with Crippen molar-refractivity contribution in [3.05, 3.63) is 47.0 Å². The molecule has 1 fully saturated rings. The van der Waals surface area contributed by atoms with Crippen LogP contribution in [0.25, 0.3) is 0 Å². The van der Waals surface area contributed by atoms with E-state index in [1.807, 2.05) is 0 Å². The second-order valence-corrected chi connectivity index (χ2v) is 10.0. The summed E-state index contributed by atoms with van der Waals surface area (Å²) in [5.41, 5.74) is 2.16. The lowest BCUT2D eigenvalue weighted by molar-refractivity contribution is -0.156. The number of carbonyl (C=O) groups excluding carboxylic acids is 1. The van der Waals surface area contributed by atoms with Gasteiger partial charge in [0.25, 0.3) is 0 Å². The van der Waals surface area contributed by atoms with E-state index in [9.17, 15) is 24.4 Å². The van der Waals surface area contributed by atoms with Crippen LogP contribution in [0.3, 0.4) is 0 Å². The number of nitrogens with zero attached hydrogens (tertiary/aromatic N) is 3. The van der Waals surface area contributed by atoms with E-state index in [1.165, 1.54) is 26.0 Å². The molecule has 206 valence electrons. The number of hydrogen-bond acceptors (Lipinski definition) is 13. The summed E-state index contributed by atoms with van der Waals surface area (Å²) >= 11 is 0. The number of aliphatic hydroxyl groups is 2. The highest BCUT2D eigenvalue weighted by Gasteiger charge is 2.57. The highest BCUT2D eigenvalue weighted by atomic mass is 31.2. The topological polar surface area (TPSA) is 195 Å². The number of ether oxygens (including phenoxy) is 2. The number of nitrogen functional groups attached to an aromatic ring is 1. The number of aliphatic hydroxyl groups excluding tert-OH is 1. The number of esters is 1. The van der Waals surface area contributed by atoms with Crippen LogP contribution in [-0.4, -0.2) is 67.6 Å². The van der Waals surface area contributed by atoms with Crippen LogP contribution in [0.2, 0.25) is 0 Å². The molecule has 2 heterocycles. The first-order chi connectivity index (χ1) is 17.9. The number of rotatable bonds is 10. The first-order valence-electron chi connectivity index (χ1n) is 11.5. The average molecular weight is 552 g/mol. The Morgan fingerprint density at radius 3 is 2.61 bits per heavy atom. The molecule has 0 amide bonds. The van der Waals surface area contributed by atoms with Gasteiger partial charge in [-0.2, -0.15) is 14.8 Å². The highest BCUT2D eigenvalue weighted by molar-refractivity contribution is 7.49. The van der Waals surface area contributed by atoms with E-state index in [4.69, 9.17) is 28.8 Å². The number of phosphoric acid groups is 1. The fraction of sp³-hybridized carbons (Fsp3) is 0.478. The van der Waals surface area contributed by atoms with Crippen molar-refractivity contribution in [2.75, 3.05) is 12.3 Å². The smallest absolute Gasteiger partial charge is 0.461 e. The van der Waals surface area contributed by atoms with E-state index < -0.39 is 62.3 Å². The molecule has 2 aromatic rings. The Hall–Kier alpha value is -3.31. The molecular weight excluding hydrogens is 523 g/mol. The fourth-order valence-corrected chi connectivity index (χ4v) is 4.76. The fourth-order valence-electron chi connectivity index (χ4n) is 3.42. The minimum Gasteiger partial charge on any atom is -0.461 e. The van der Waals surface area contributed by atoms with Crippen LogP contribution in [0, 0.1) is 11.8 Å². The summed E-state index contributed by atoms with van der Waals surface area (Å²) < 4.78 is 41.2. The van der Waals surface area contributed by atoms with E-state index in [1.54, 1.807) is 32.0 Å². The van der Waals surface area contributed by atoms with Crippen molar-refractivity contribution in [3.63, 3.8) is 0 Å². The largest absolute Gasteiger partial charge is 0.530 e. The van der Waals surface area contributed by atoms with E-state index in [2.05, 4.69) is 21.9 Å². The van der Waals surface area contributed by atoms with Gasteiger partial charge in [0.1, 0.15) is 23.8 Å². The number of benzene rings is 1. The van der Waals surface area contributed by atoms with Gasteiger partial charge in [0.05, 0.1) is 18.9 Å². The van der Waals surface area contributed by atoms with Crippen LogP contribution in [0.5, 0.6) is 5.75 Å². The molecular formula is C23H29N4O10P. The number of carbonyl (C=O) groups is 1. The molecule has 6 atom stereocenters. The van der Waals surface area contributed by atoms with Crippen molar-refractivity contribution in [1.29, 1.82) is 0 Å². The summed E-state index contributed by atoms with van der Waals surface area (Å²) in [4.78, 5) is 28.1. The van der Waals surface area contributed by atoms with E-state index in [0.29, 0.717) is 4.68 Å². The molecule has 3 rings (SSSR count). The SMILES string of the molecule is CC#CC1(O)C(O)[C@@H](COP(=O)(Oc2ccccc2)O[C@@H](C)C(=O)OC(C)C)OC1n1ncc(N)nc1=O. The summed E-state index contributed by atoms with van der Waals surface area (Å²) in [5, 5.41) is 25.8. The van der Waals surface area contributed by atoms with E-state index in [-0.39, 0.29) is 11.6 Å². The van der Waals surface area contributed by atoms with Crippen molar-refractivity contribution in [2.45, 2.75) is 63.9 Å². The van der Waals surface area contributed by atoms with Gasteiger partial charge in [0.2, 0.25) is 5.60 Å². The molecule has 1 aliphatic heterocycles. The van der Waals surface area contributed by atoms with Crippen LogP contribution < -0.4 is 15.9 Å². The average Bonchev–Trinajstić information content (AvgIpc) is 3.08. The number of phosphoric ester groups is 1. The third-order valence-corrected chi connectivity index (χ3v) is 6.57. The number of nitrogens with two attached hydrogens (primary N) is 1. The van der Waals surface area contributed by atoms with E-state index in [0.717, 1.165) is 6.20 Å². The molecule has 4 N–H and O–H groups in total. The Morgan fingerprint density at radius 1 is 1.32 bits per heavy atom. The first kappa shape index (κ1) is 29.2. The molecule has 1 aromatic heterocycles. The number of para-hydroxylation sites is 1. The summed E-state index contributed by atoms with van der Waals surface area (Å²) in [6.45, 7) is 5.28. The lowest BCUT2D eigenvalue weighted by atomic mass is 9.95. The van der Waals surface area contributed by atoms with Crippen LogP contribution in [-0.2, 0) is 27.9 Å². The molecule has 38 heavy (non-hydrogen) atoms. The second kappa shape index (κ2) is 12.0. The third kappa shape index (κ3) is 6.76. The summed E-state index contributed by atoms with van der Waals surface area (Å²) in [7, 11) is -4.56. The molecule has 1 aliphatic rings. The lowest BCUT2D eigenvalue weighted by Crippen LogP contribution is -2.48. The molecule has 0 radical (unpaired) electrons. The second-order valence-electron chi connectivity index (χ2n) is 8.46. The number of anilines is 1. The number of aromatic nitrogens is 3. The van der Waals surface area contributed by atoms with Gasteiger partial charge in [-0.1, -0.05) is 24.1 Å². The maximum absolute atomic E-state index is 13.6. The maximum atomic E-state index is 13.6. The molecule has 14 nitrogen and oxygen atoms in total. The normalized spacial score (nSPS) is 25.2. The molecule has 0 spiro atoms.